The van der Waals surface area contributed by atoms with Crippen molar-refractivity contribution in [2.24, 2.45) is 17.6 Å². The van der Waals surface area contributed by atoms with Crippen molar-refractivity contribution in [3.8, 4) is 0 Å². The average Bonchev–Trinajstić information content (AvgIpc) is 2.76. The Hall–Kier alpha value is -1.06. The molecule has 20 heavy (non-hydrogen) atoms. The van der Waals surface area contributed by atoms with Crippen LogP contribution in [0.25, 0.3) is 0 Å². The zero-order valence-corrected chi connectivity index (χ0v) is 13.3. The van der Waals surface area contributed by atoms with E-state index in [0.29, 0.717) is 12.0 Å². The highest BCUT2D eigenvalue weighted by molar-refractivity contribution is 5.85. The largest absolute Gasteiger partial charge is 0.339 e. The molecule has 2 rings (SSSR count). The van der Waals surface area contributed by atoms with E-state index < -0.39 is 0 Å². The number of nitrogens with two attached hydrogens (primary N) is 1. The number of nitrogens with zero attached hydrogens (tertiary/aromatic N) is 1. The molecule has 0 radical (unpaired) electrons. The summed E-state index contributed by atoms with van der Waals surface area (Å²) in [5.41, 5.74) is 7.27. The Balaban J connectivity index is 0.00000200. The van der Waals surface area contributed by atoms with Crippen molar-refractivity contribution in [2.45, 2.75) is 39.3 Å². The minimum Gasteiger partial charge on any atom is -0.339 e. The normalized spacial score (nSPS) is 24.9. The molecule has 1 fully saturated rings. The van der Waals surface area contributed by atoms with Crippen LogP contribution in [0.4, 0.5) is 0 Å². The number of carbonyl (C=O) groups excluding carboxylic acids is 1. The van der Waals surface area contributed by atoms with E-state index in [2.05, 4.69) is 13.8 Å². The third kappa shape index (κ3) is 3.53. The lowest BCUT2D eigenvalue weighted by atomic mass is 9.94. The first-order valence-electron chi connectivity index (χ1n) is 7.11. The van der Waals surface area contributed by atoms with Gasteiger partial charge in [0.15, 0.2) is 0 Å². The summed E-state index contributed by atoms with van der Waals surface area (Å²) in [5, 5.41) is 0. The van der Waals surface area contributed by atoms with Gasteiger partial charge in [-0.15, -0.1) is 12.4 Å². The van der Waals surface area contributed by atoms with E-state index in [1.54, 1.807) is 0 Å². The number of halogens is 1. The van der Waals surface area contributed by atoms with Gasteiger partial charge in [0.1, 0.15) is 0 Å². The predicted octanol–water partition coefficient (Wildman–Crippen LogP) is 3.00. The van der Waals surface area contributed by atoms with Crippen LogP contribution in [0.2, 0.25) is 0 Å². The molecule has 112 valence electrons. The van der Waals surface area contributed by atoms with Crippen molar-refractivity contribution >= 4 is 18.3 Å². The number of amides is 1. The van der Waals surface area contributed by atoms with E-state index in [1.807, 2.05) is 42.2 Å². The second-order valence-electron chi connectivity index (χ2n) is 5.91. The van der Waals surface area contributed by atoms with Crippen LogP contribution in [0, 0.1) is 11.8 Å². The summed E-state index contributed by atoms with van der Waals surface area (Å²) in [6, 6.07) is 9.99. The Kier molecular flexibility index (Phi) is 6.03. The van der Waals surface area contributed by atoms with Gasteiger partial charge in [0.05, 0.1) is 5.92 Å². The molecule has 0 bridgehead atoms. The predicted molar refractivity (Wildman–Crippen MR) is 84.7 cm³/mol. The van der Waals surface area contributed by atoms with E-state index >= 15 is 0 Å². The molecule has 4 unspecified atom stereocenters. The minimum absolute atomic E-state index is 0. The molecule has 4 atom stereocenters. The van der Waals surface area contributed by atoms with Crippen LogP contribution >= 0.6 is 12.4 Å². The molecule has 1 amide bonds. The number of benzene rings is 1. The molecule has 0 aliphatic carbocycles. The van der Waals surface area contributed by atoms with Gasteiger partial charge in [0.2, 0.25) is 5.91 Å². The first kappa shape index (κ1) is 17.0. The van der Waals surface area contributed by atoms with E-state index in [1.165, 1.54) is 0 Å². The highest BCUT2D eigenvalue weighted by atomic mass is 35.5. The molecule has 0 aromatic heterocycles. The van der Waals surface area contributed by atoms with Crippen LogP contribution in [0.3, 0.4) is 0 Å². The Morgan fingerprint density at radius 1 is 1.30 bits per heavy atom. The molecule has 2 N–H and O–H groups in total. The fourth-order valence-electron chi connectivity index (χ4n) is 2.99. The highest BCUT2D eigenvalue weighted by Gasteiger charge is 2.34. The SMILES string of the molecule is CC1CC(C)N(C(=O)C(C)C(N)c2ccccc2)C1.Cl. The van der Waals surface area contributed by atoms with E-state index in [-0.39, 0.29) is 30.3 Å². The van der Waals surface area contributed by atoms with Crippen molar-refractivity contribution < 1.29 is 4.79 Å². The quantitative estimate of drug-likeness (QED) is 0.932. The summed E-state index contributed by atoms with van der Waals surface area (Å²) < 4.78 is 0. The fraction of sp³-hybridized carbons (Fsp3) is 0.562. The van der Waals surface area contributed by atoms with Gasteiger partial charge >= 0.3 is 0 Å². The van der Waals surface area contributed by atoms with Crippen molar-refractivity contribution in [3.05, 3.63) is 35.9 Å². The number of rotatable bonds is 3. The van der Waals surface area contributed by atoms with Crippen molar-refractivity contribution in [2.75, 3.05) is 6.54 Å². The van der Waals surface area contributed by atoms with Gasteiger partial charge in [0.25, 0.3) is 0 Å². The van der Waals surface area contributed by atoms with Gasteiger partial charge < -0.3 is 10.6 Å². The summed E-state index contributed by atoms with van der Waals surface area (Å²) in [5.74, 6) is 0.613. The molecule has 0 saturated carbocycles. The zero-order chi connectivity index (χ0) is 14.0. The van der Waals surface area contributed by atoms with Gasteiger partial charge in [0, 0.05) is 18.6 Å². The lowest BCUT2D eigenvalue weighted by molar-refractivity contribution is -0.136. The molecule has 1 aromatic carbocycles. The Bertz CT molecular complexity index is 437. The zero-order valence-electron chi connectivity index (χ0n) is 12.5. The van der Waals surface area contributed by atoms with Gasteiger partial charge in [-0.3, -0.25) is 4.79 Å². The van der Waals surface area contributed by atoms with Crippen LogP contribution < -0.4 is 5.73 Å². The van der Waals surface area contributed by atoms with Crippen LogP contribution in [0.1, 0.15) is 38.8 Å². The molecule has 3 nitrogen and oxygen atoms in total. The van der Waals surface area contributed by atoms with E-state index in [9.17, 15) is 4.79 Å². The van der Waals surface area contributed by atoms with Crippen molar-refractivity contribution in [1.82, 2.24) is 4.90 Å². The monoisotopic (exact) mass is 296 g/mol. The topological polar surface area (TPSA) is 46.3 Å². The second-order valence-corrected chi connectivity index (χ2v) is 5.91. The van der Waals surface area contributed by atoms with Gasteiger partial charge in [-0.1, -0.05) is 44.2 Å². The number of hydrogen-bond acceptors (Lipinski definition) is 2. The molecular formula is C16H25ClN2O. The number of hydrogen-bond donors (Lipinski definition) is 1. The minimum atomic E-state index is -0.225. The van der Waals surface area contributed by atoms with Crippen molar-refractivity contribution in [1.29, 1.82) is 0 Å². The van der Waals surface area contributed by atoms with Gasteiger partial charge in [-0.2, -0.15) is 0 Å². The summed E-state index contributed by atoms with van der Waals surface area (Å²) in [6.45, 7) is 7.13. The van der Waals surface area contributed by atoms with Crippen molar-refractivity contribution in [3.63, 3.8) is 0 Å². The van der Waals surface area contributed by atoms with Crippen LogP contribution in [-0.4, -0.2) is 23.4 Å². The lowest BCUT2D eigenvalue weighted by Gasteiger charge is -2.28. The van der Waals surface area contributed by atoms with E-state index in [0.717, 1.165) is 18.5 Å². The Morgan fingerprint density at radius 2 is 1.90 bits per heavy atom. The fourth-order valence-corrected chi connectivity index (χ4v) is 2.99. The van der Waals surface area contributed by atoms with E-state index in [4.69, 9.17) is 5.73 Å². The molecule has 1 heterocycles. The highest BCUT2D eigenvalue weighted by Crippen LogP contribution is 2.27. The molecule has 1 aromatic rings. The molecule has 1 aliphatic heterocycles. The summed E-state index contributed by atoms with van der Waals surface area (Å²) in [6.07, 6.45) is 1.10. The molecule has 4 heteroatoms. The van der Waals surface area contributed by atoms with Gasteiger partial charge in [-0.05, 0) is 24.8 Å². The lowest BCUT2D eigenvalue weighted by Crippen LogP contribution is -2.41. The molecular weight excluding hydrogens is 272 g/mol. The van der Waals surface area contributed by atoms with Crippen LogP contribution in [0.5, 0.6) is 0 Å². The third-order valence-electron chi connectivity index (χ3n) is 4.18. The van der Waals surface area contributed by atoms with Crippen LogP contribution in [-0.2, 0) is 4.79 Å². The smallest absolute Gasteiger partial charge is 0.227 e. The molecule has 0 spiro atoms. The number of carbonyl (C=O) groups is 1. The Labute approximate surface area is 127 Å². The standard InChI is InChI=1S/C16H24N2O.ClH/c1-11-9-12(2)18(10-11)16(19)13(3)15(17)14-7-5-4-6-8-14;/h4-8,11-13,15H,9-10,17H2,1-3H3;1H. The van der Waals surface area contributed by atoms with Gasteiger partial charge in [-0.25, -0.2) is 0 Å². The Morgan fingerprint density at radius 3 is 2.40 bits per heavy atom. The summed E-state index contributed by atoms with van der Waals surface area (Å²) in [7, 11) is 0. The average molecular weight is 297 g/mol. The maximum atomic E-state index is 12.6. The second kappa shape index (κ2) is 7.09. The summed E-state index contributed by atoms with van der Waals surface area (Å²) in [4.78, 5) is 14.6. The molecule has 1 saturated heterocycles. The first-order chi connectivity index (χ1) is 9.00. The maximum Gasteiger partial charge on any atom is 0.227 e. The number of likely N-dealkylation sites (tertiary alicyclic amines) is 1. The maximum absolute atomic E-state index is 12.6. The molecule has 1 aliphatic rings. The summed E-state index contributed by atoms with van der Waals surface area (Å²) >= 11 is 0. The first-order valence-corrected chi connectivity index (χ1v) is 7.11. The third-order valence-corrected chi connectivity index (χ3v) is 4.18. The van der Waals surface area contributed by atoms with Crippen LogP contribution in [0.15, 0.2) is 30.3 Å².